The molecule has 0 saturated heterocycles. The zero-order valence-electron chi connectivity index (χ0n) is 97.8. The molecule has 1 aliphatic carbocycles. The molecule has 4 aromatic rings. The summed E-state index contributed by atoms with van der Waals surface area (Å²) < 4.78 is 63.2. The maximum absolute atomic E-state index is 15.0. The van der Waals surface area contributed by atoms with E-state index in [0.717, 1.165) is 128 Å². The first-order valence-electron chi connectivity index (χ1n) is 55.9. The van der Waals surface area contributed by atoms with Gasteiger partial charge in [-0.05, 0) is 49.9 Å². The van der Waals surface area contributed by atoms with Crippen LogP contribution in [-0.4, -0.2) is 410 Å². The molecule has 0 aliphatic heterocycles. The average molecular weight is 2080 g/mol. The van der Waals surface area contributed by atoms with Crippen molar-refractivity contribution in [1.82, 2.24) is 42.5 Å². The van der Waals surface area contributed by atoms with Crippen molar-refractivity contribution < 1.29 is 112 Å². The fourth-order valence-corrected chi connectivity index (χ4v) is 17.8. The van der Waals surface area contributed by atoms with Gasteiger partial charge < -0.3 is 116 Å². The highest BCUT2D eigenvalue weighted by atomic mass is 16.5. The Labute approximate surface area is 894 Å². The Bertz CT molecular complexity index is 3830. The fourth-order valence-electron chi connectivity index (χ4n) is 17.8. The largest absolute Gasteiger partial charge is 0.483 e. The van der Waals surface area contributed by atoms with Crippen molar-refractivity contribution in [2.24, 2.45) is 0 Å². The summed E-state index contributed by atoms with van der Waals surface area (Å²) in [5.74, 6) is -4.01. The minimum absolute atomic E-state index is 0.268. The number of rotatable bonds is 76. The van der Waals surface area contributed by atoms with Crippen LogP contribution in [0.5, 0.6) is 46.0 Å². The molecule has 8 bridgehead atoms. The molecule has 1 aliphatic rings. The number of nitrogens with one attached hydrogen (secondary N) is 8. The highest BCUT2D eigenvalue weighted by Crippen LogP contribution is 2.55. The Kier molecular flexibility index (Phi) is 56.9. The third-order valence-electron chi connectivity index (χ3n) is 26.7. The van der Waals surface area contributed by atoms with E-state index in [1.165, 1.54) is 0 Å². The molecule has 32 nitrogen and oxygen atoms in total. The van der Waals surface area contributed by atoms with Crippen molar-refractivity contribution in [3.63, 3.8) is 0 Å². The lowest BCUT2D eigenvalue weighted by Gasteiger charge is -2.32. The van der Waals surface area contributed by atoms with Crippen LogP contribution in [0.15, 0.2) is 48.5 Å². The summed E-state index contributed by atoms with van der Waals surface area (Å²) in [5.41, 5.74) is 4.93. The quantitative estimate of drug-likeness (QED) is 0.0150. The second kappa shape index (κ2) is 65.2. The van der Waals surface area contributed by atoms with Gasteiger partial charge in [0.15, 0.2) is 52.9 Å². The van der Waals surface area contributed by atoms with Gasteiger partial charge in [-0.2, -0.15) is 0 Å². The lowest BCUT2D eigenvalue weighted by molar-refractivity contribution is -0.869. The first-order valence-corrected chi connectivity index (χ1v) is 55.9. The standard InChI is InChI=1S/C116H200N16O16/c1-29-33-37-41-45-49-53-89-93-73-95(103(143-83-111(135)119-59-67-127(11,12)13)77-101(93)141-81-109(133)117-57-65-125(5,6)7)90(54-50-46-42-38-34-30-2)97-75-99(107(147-87-115(139)123-63-71-131(23,24)25)79-105(97)145-85-113(137)121-61-69-129(17,18)19)92(56-52-48-44-40-36-32-4)100-76-98(106(146-86-114(138)122-62-70-130(20,21)22)80-108(100)148-88-116(140)124-64-72-132(26,27)28)91(55-51-47-43-39-35-31-3)96-74-94(89)102(142-82-110(134)118-58-66-126(8,9)10)78-104(96)144-84-112(136)120-60-68-128(14,15)16/h73-80,89-92H,29-72,81-88H2,1-28H3/p+8. The molecule has 840 valence electrons. The maximum Gasteiger partial charge on any atom is 0.258 e. The first kappa shape index (κ1) is 129. The van der Waals surface area contributed by atoms with E-state index >= 15 is 38.4 Å². The third kappa shape index (κ3) is 54.6. The molecule has 0 aromatic heterocycles. The number of fused-ring (bicyclic) bond motifs is 8. The maximum atomic E-state index is 15.0. The Morgan fingerprint density at radius 3 is 0.412 bits per heavy atom. The molecule has 0 radical (unpaired) electrons. The number of hydrogen-bond acceptors (Lipinski definition) is 16. The Morgan fingerprint density at radius 2 is 0.297 bits per heavy atom. The molecule has 0 unspecified atom stereocenters. The molecule has 0 atom stereocenters. The van der Waals surface area contributed by atoms with Crippen molar-refractivity contribution in [3.8, 4) is 46.0 Å². The minimum Gasteiger partial charge on any atom is -0.483 e. The van der Waals surface area contributed by atoms with Gasteiger partial charge in [-0.15, -0.1) is 0 Å². The molecule has 8 N–H and O–H groups in total. The van der Waals surface area contributed by atoms with Crippen LogP contribution in [-0.2, 0) is 38.4 Å². The zero-order valence-corrected chi connectivity index (χ0v) is 97.8. The van der Waals surface area contributed by atoms with E-state index < -0.39 is 76.5 Å². The number of amides is 8. The SMILES string of the molecule is CCCCCCCCC1c2cc(c(OCC(=O)NCC[N+](C)(C)C)cc2OCC(=O)NCC[N+](C)(C)C)C(CCCCCCCC)c2cc(c(OCC(=O)NCC[N+](C)(C)C)cc2OCC(=O)NCC[N+](C)(C)C)C(CCCCCCCC)c2cc(c(OCC(=O)NCC[N+](C)(C)C)cc2OCC(=O)NCC[N+](C)(C)C)C(CCCCCCCC)c2cc1c(OCC(=O)NCC[N+](C)(C)C)cc2OCC(=O)NCC[N+](C)(C)C. The monoisotopic (exact) mass is 2080 g/mol. The average Bonchev–Trinajstić information content (AvgIpc) is 0.742. The highest BCUT2D eigenvalue weighted by Gasteiger charge is 2.38. The Hall–Kier alpha value is -9.28. The van der Waals surface area contributed by atoms with Crippen molar-refractivity contribution in [2.45, 2.75) is 231 Å². The summed E-state index contributed by atoms with van der Waals surface area (Å²) in [4.78, 5) is 120. The molecule has 0 spiro atoms. The van der Waals surface area contributed by atoms with Gasteiger partial charge in [0.05, 0.1) is 274 Å². The van der Waals surface area contributed by atoms with Crippen LogP contribution < -0.4 is 80.4 Å². The summed E-state index contributed by atoms with van der Waals surface area (Å²) in [6.45, 7) is 12.9. The number of ether oxygens (including phenoxy) is 8. The smallest absolute Gasteiger partial charge is 0.258 e. The molecule has 0 heterocycles. The van der Waals surface area contributed by atoms with E-state index in [1.807, 2.05) is 24.3 Å². The van der Waals surface area contributed by atoms with Gasteiger partial charge >= 0.3 is 0 Å². The van der Waals surface area contributed by atoms with Gasteiger partial charge in [0.2, 0.25) is 0 Å². The first-order chi connectivity index (χ1) is 69.6. The number of quaternary nitrogens is 8. The number of carbonyl (C=O) groups excluding carboxylic acids is 8. The summed E-state index contributed by atoms with van der Waals surface area (Å²) in [6, 6.07) is 16.0. The van der Waals surface area contributed by atoms with E-state index in [9.17, 15) is 0 Å². The second-order valence-corrected chi connectivity index (χ2v) is 49.4. The molecular formula is C116H208N16O16+8. The van der Waals surface area contributed by atoms with Crippen LogP contribution in [0.1, 0.15) is 276 Å². The molecule has 4 aromatic carbocycles. The summed E-state index contributed by atoms with van der Waals surface area (Å²) >= 11 is 0. The van der Waals surface area contributed by atoms with Gasteiger partial charge in [0, 0.05) is 92.4 Å². The Morgan fingerprint density at radius 1 is 0.182 bits per heavy atom. The van der Waals surface area contributed by atoms with Gasteiger partial charge in [0.1, 0.15) is 46.0 Å². The zero-order chi connectivity index (χ0) is 110. The van der Waals surface area contributed by atoms with Crippen LogP contribution in [0.2, 0.25) is 0 Å². The van der Waals surface area contributed by atoms with Crippen LogP contribution in [0.4, 0.5) is 0 Å². The van der Waals surface area contributed by atoms with Gasteiger partial charge in [-0.3, -0.25) is 38.4 Å². The third-order valence-corrected chi connectivity index (χ3v) is 26.7. The van der Waals surface area contributed by atoms with Gasteiger partial charge in [-0.25, -0.2) is 0 Å². The van der Waals surface area contributed by atoms with E-state index in [1.54, 1.807) is 0 Å². The topological polar surface area (TPSA) is 307 Å². The Balaban J connectivity index is 2.46. The molecule has 5 rings (SSSR count). The number of benzene rings is 4. The van der Waals surface area contributed by atoms with E-state index in [0.29, 0.717) is 236 Å². The lowest BCUT2D eigenvalue weighted by Crippen LogP contribution is -2.42. The predicted molar refractivity (Wildman–Crippen MR) is 596 cm³/mol. The molecule has 148 heavy (non-hydrogen) atoms. The molecular weight excluding hydrogens is 1870 g/mol. The summed E-state index contributed by atoms with van der Waals surface area (Å²) in [6.07, 6.45) is 23.3. The number of hydrogen-bond donors (Lipinski definition) is 8. The number of carbonyl (C=O) groups is 8. The number of likely N-dealkylation sites (N-methyl/N-ethyl adjacent to an activating group) is 8. The lowest BCUT2D eigenvalue weighted by atomic mass is 9.76. The summed E-state index contributed by atoms with van der Waals surface area (Å²) in [7, 11) is 49.7. The highest BCUT2D eigenvalue weighted by molar-refractivity contribution is 5.82. The normalized spacial score (nSPS) is 14.6. The fraction of sp³-hybridized carbons (Fsp3) is 0.724. The van der Waals surface area contributed by atoms with Gasteiger partial charge in [-0.1, -0.05) is 182 Å². The number of nitrogens with zero attached hydrogens (tertiary/aromatic N) is 8. The summed E-state index contributed by atoms with van der Waals surface area (Å²) in [5, 5.41) is 25.3. The predicted octanol–water partition coefficient (Wildman–Crippen LogP) is 13.1. The van der Waals surface area contributed by atoms with Crippen LogP contribution in [0, 0.1) is 0 Å². The molecule has 0 fully saturated rings. The van der Waals surface area contributed by atoms with E-state index in [4.69, 9.17) is 37.9 Å². The van der Waals surface area contributed by atoms with E-state index in [-0.39, 0.29) is 93.3 Å². The van der Waals surface area contributed by atoms with Crippen molar-refractivity contribution in [1.29, 1.82) is 0 Å². The van der Waals surface area contributed by atoms with Crippen LogP contribution >= 0.6 is 0 Å². The van der Waals surface area contributed by atoms with Gasteiger partial charge in [0.25, 0.3) is 47.3 Å². The van der Waals surface area contributed by atoms with Crippen molar-refractivity contribution in [2.75, 3.05) is 327 Å². The minimum atomic E-state index is -0.784. The number of unbranched alkanes of at least 4 members (excludes halogenated alkanes) is 20. The molecule has 0 saturated carbocycles. The van der Waals surface area contributed by atoms with Crippen LogP contribution in [0.3, 0.4) is 0 Å². The molecule has 8 amide bonds. The van der Waals surface area contributed by atoms with Crippen molar-refractivity contribution >= 4 is 47.3 Å². The van der Waals surface area contributed by atoms with Crippen LogP contribution in [0.25, 0.3) is 0 Å². The second-order valence-electron chi connectivity index (χ2n) is 49.4. The van der Waals surface area contributed by atoms with Crippen molar-refractivity contribution in [3.05, 3.63) is 93.0 Å². The van der Waals surface area contributed by atoms with E-state index in [2.05, 4.69) is 264 Å². The molecule has 32 heteroatoms.